The van der Waals surface area contributed by atoms with Crippen molar-refractivity contribution in [2.24, 2.45) is 0 Å². The van der Waals surface area contributed by atoms with Gasteiger partial charge in [-0.05, 0) is 42.8 Å². The van der Waals surface area contributed by atoms with Gasteiger partial charge in [-0.2, -0.15) is 0 Å². The molecule has 1 aromatic carbocycles. The van der Waals surface area contributed by atoms with Crippen LogP contribution in [0.25, 0.3) is 0 Å². The van der Waals surface area contributed by atoms with E-state index in [0.717, 1.165) is 11.3 Å². The SMILES string of the molecule is COC(=O)c1sccc1S(=O)(=O)N[C@H]1CCC[C@@H](OC(=O)Nc2ccccc2)C1. The van der Waals surface area contributed by atoms with E-state index in [2.05, 4.69) is 14.8 Å². The van der Waals surface area contributed by atoms with Crippen molar-refractivity contribution in [2.75, 3.05) is 12.4 Å². The van der Waals surface area contributed by atoms with E-state index in [9.17, 15) is 18.0 Å². The van der Waals surface area contributed by atoms with Crippen molar-refractivity contribution >= 4 is 39.1 Å². The molecule has 8 nitrogen and oxygen atoms in total. The number of sulfonamides is 1. The molecule has 0 radical (unpaired) electrons. The molecule has 156 valence electrons. The van der Waals surface area contributed by atoms with Gasteiger partial charge in [-0.25, -0.2) is 22.7 Å². The Balaban J connectivity index is 1.60. The number of methoxy groups -OCH3 is 1. The zero-order valence-electron chi connectivity index (χ0n) is 15.8. The van der Waals surface area contributed by atoms with Gasteiger partial charge < -0.3 is 9.47 Å². The Morgan fingerprint density at radius 1 is 1.14 bits per heavy atom. The summed E-state index contributed by atoms with van der Waals surface area (Å²) in [5.74, 6) is -0.692. The van der Waals surface area contributed by atoms with Gasteiger partial charge in [0.05, 0.1) is 7.11 Å². The smallest absolute Gasteiger partial charge is 0.411 e. The molecule has 1 heterocycles. The fourth-order valence-corrected chi connectivity index (χ4v) is 5.83. The second-order valence-electron chi connectivity index (χ2n) is 6.61. The first-order valence-corrected chi connectivity index (χ1v) is 11.5. The summed E-state index contributed by atoms with van der Waals surface area (Å²) in [4.78, 5) is 23.8. The molecular weight excluding hydrogens is 416 g/mol. The summed E-state index contributed by atoms with van der Waals surface area (Å²) in [6.07, 6.45) is 1.38. The van der Waals surface area contributed by atoms with E-state index < -0.39 is 34.2 Å². The van der Waals surface area contributed by atoms with Crippen molar-refractivity contribution in [3.05, 3.63) is 46.7 Å². The number of ether oxygens (including phenoxy) is 2. The quantitative estimate of drug-likeness (QED) is 0.669. The van der Waals surface area contributed by atoms with Gasteiger partial charge in [-0.3, -0.25) is 5.32 Å². The third-order valence-electron chi connectivity index (χ3n) is 4.53. The first kappa shape index (κ1) is 21.3. The maximum absolute atomic E-state index is 12.7. The highest BCUT2D eigenvalue weighted by Gasteiger charge is 2.31. The van der Waals surface area contributed by atoms with Crippen LogP contribution >= 0.6 is 11.3 Å². The standard InChI is InChI=1S/C19H22N2O6S2/c1-26-18(22)17-16(10-11-28-17)29(24,25)21-14-8-5-9-15(12-14)27-19(23)20-13-6-3-2-4-7-13/h2-4,6-7,10-11,14-15,21H,5,8-9,12H2,1H3,(H,20,23)/t14-,15+/m0/s1. The predicted octanol–water partition coefficient (Wildman–Crippen LogP) is 3.37. The van der Waals surface area contributed by atoms with E-state index >= 15 is 0 Å². The van der Waals surface area contributed by atoms with E-state index in [1.165, 1.54) is 18.6 Å². The van der Waals surface area contributed by atoms with Crippen LogP contribution in [-0.4, -0.2) is 39.7 Å². The lowest BCUT2D eigenvalue weighted by molar-refractivity contribution is 0.0601. The molecule has 1 fully saturated rings. The Hall–Kier alpha value is -2.43. The van der Waals surface area contributed by atoms with Crippen molar-refractivity contribution in [1.82, 2.24) is 4.72 Å². The number of esters is 1. The summed E-state index contributed by atoms with van der Waals surface area (Å²) in [5, 5.41) is 4.18. The highest BCUT2D eigenvalue weighted by molar-refractivity contribution is 7.89. The maximum Gasteiger partial charge on any atom is 0.411 e. The Labute approximate surface area is 173 Å². The Morgan fingerprint density at radius 2 is 1.90 bits per heavy atom. The largest absolute Gasteiger partial charge is 0.465 e. The number of para-hydroxylation sites is 1. The number of carbonyl (C=O) groups is 2. The van der Waals surface area contributed by atoms with Gasteiger partial charge in [0.25, 0.3) is 0 Å². The maximum atomic E-state index is 12.7. The molecule has 3 rings (SSSR count). The minimum atomic E-state index is -3.90. The first-order valence-electron chi connectivity index (χ1n) is 9.10. The zero-order valence-corrected chi connectivity index (χ0v) is 17.4. The summed E-state index contributed by atoms with van der Waals surface area (Å²) in [5.41, 5.74) is 0.623. The minimum absolute atomic E-state index is 0.0332. The lowest BCUT2D eigenvalue weighted by Gasteiger charge is -2.29. The molecule has 29 heavy (non-hydrogen) atoms. The van der Waals surface area contributed by atoms with Crippen molar-refractivity contribution in [3.63, 3.8) is 0 Å². The first-order chi connectivity index (χ1) is 13.9. The summed E-state index contributed by atoms with van der Waals surface area (Å²) >= 11 is 1.01. The molecule has 1 aliphatic rings. The molecule has 10 heteroatoms. The molecule has 2 atom stereocenters. The molecule has 0 saturated heterocycles. The van der Waals surface area contributed by atoms with Crippen molar-refractivity contribution in [3.8, 4) is 0 Å². The minimum Gasteiger partial charge on any atom is -0.465 e. The molecule has 0 unspecified atom stereocenters. The van der Waals surface area contributed by atoms with Crippen molar-refractivity contribution in [2.45, 2.75) is 42.7 Å². The number of amides is 1. The number of rotatable bonds is 6. The van der Waals surface area contributed by atoms with Crippen LogP contribution in [0.2, 0.25) is 0 Å². The van der Waals surface area contributed by atoms with Crippen LogP contribution in [0.4, 0.5) is 10.5 Å². The third-order valence-corrected chi connectivity index (χ3v) is 7.12. The van der Waals surface area contributed by atoms with E-state index in [-0.39, 0.29) is 9.77 Å². The lowest BCUT2D eigenvalue weighted by Crippen LogP contribution is -2.41. The molecule has 1 aromatic heterocycles. The van der Waals surface area contributed by atoms with E-state index in [1.54, 1.807) is 24.3 Å². The van der Waals surface area contributed by atoms with Gasteiger partial charge >= 0.3 is 12.1 Å². The van der Waals surface area contributed by atoms with E-state index in [0.29, 0.717) is 31.4 Å². The number of hydrogen-bond acceptors (Lipinski definition) is 7. The third kappa shape index (κ3) is 5.55. The average Bonchev–Trinajstić information content (AvgIpc) is 3.19. The molecule has 0 bridgehead atoms. The van der Waals surface area contributed by atoms with Crippen LogP contribution in [0.1, 0.15) is 35.4 Å². The molecule has 2 N–H and O–H groups in total. The van der Waals surface area contributed by atoms with Gasteiger partial charge in [0, 0.05) is 18.2 Å². The van der Waals surface area contributed by atoms with E-state index in [4.69, 9.17) is 4.74 Å². The zero-order chi connectivity index (χ0) is 20.9. The van der Waals surface area contributed by atoms with Crippen LogP contribution in [0.3, 0.4) is 0 Å². The van der Waals surface area contributed by atoms with Crippen molar-refractivity contribution < 1.29 is 27.5 Å². The monoisotopic (exact) mass is 438 g/mol. The molecule has 1 saturated carbocycles. The van der Waals surface area contributed by atoms with E-state index in [1.807, 2.05) is 6.07 Å². The van der Waals surface area contributed by atoms with Gasteiger partial charge in [0.1, 0.15) is 15.9 Å². The second kappa shape index (κ2) is 9.38. The van der Waals surface area contributed by atoms with Crippen LogP contribution in [0.5, 0.6) is 0 Å². The number of nitrogens with one attached hydrogen (secondary N) is 2. The molecule has 1 amide bonds. The summed E-state index contributed by atoms with van der Waals surface area (Å²) in [6.45, 7) is 0. The number of hydrogen-bond donors (Lipinski definition) is 2. The van der Waals surface area contributed by atoms with Crippen LogP contribution < -0.4 is 10.0 Å². The highest BCUT2D eigenvalue weighted by Crippen LogP contribution is 2.26. The fourth-order valence-electron chi connectivity index (χ4n) is 3.21. The Kier molecular flexibility index (Phi) is 6.88. The van der Waals surface area contributed by atoms with Crippen LogP contribution in [0, 0.1) is 0 Å². The second-order valence-corrected chi connectivity index (χ2v) is 9.21. The molecule has 1 aliphatic carbocycles. The summed E-state index contributed by atoms with van der Waals surface area (Å²) < 4.78 is 38.2. The van der Waals surface area contributed by atoms with Gasteiger partial charge in [-0.15, -0.1) is 11.3 Å². The van der Waals surface area contributed by atoms with Gasteiger partial charge in [-0.1, -0.05) is 18.2 Å². The van der Waals surface area contributed by atoms with Crippen LogP contribution in [-0.2, 0) is 19.5 Å². The Morgan fingerprint density at radius 3 is 2.62 bits per heavy atom. The summed E-state index contributed by atoms with van der Waals surface area (Å²) in [6, 6.07) is 9.92. The normalized spacial score (nSPS) is 19.3. The molecular formula is C19H22N2O6S2. The number of carbonyl (C=O) groups excluding carboxylic acids is 2. The van der Waals surface area contributed by atoms with Crippen molar-refractivity contribution in [1.29, 1.82) is 0 Å². The Bertz CT molecular complexity index is 958. The van der Waals surface area contributed by atoms with Crippen LogP contribution in [0.15, 0.2) is 46.7 Å². The molecule has 2 aromatic rings. The predicted molar refractivity (Wildman–Crippen MR) is 109 cm³/mol. The number of anilines is 1. The molecule has 0 aliphatic heterocycles. The highest BCUT2D eigenvalue weighted by atomic mass is 32.2. The topological polar surface area (TPSA) is 111 Å². The average molecular weight is 439 g/mol. The molecule has 0 spiro atoms. The lowest BCUT2D eigenvalue weighted by atomic mass is 9.94. The fraction of sp³-hybridized carbons (Fsp3) is 0.368. The van der Waals surface area contributed by atoms with Gasteiger partial charge in [0.2, 0.25) is 10.0 Å². The number of thiophene rings is 1. The number of benzene rings is 1. The summed E-state index contributed by atoms with van der Waals surface area (Å²) in [7, 11) is -2.70. The van der Waals surface area contributed by atoms with Gasteiger partial charge in [0.15, 0.2) is 0 Å².